The molecule has 3 atom stereocenters. The van der Waals surface area contributed by atoms with Crippen molar-refractivity contribution < 1.29 is 19.5 Å². The van der Waals surface area contributed by atoms with Crippen molar-refractivity contribution in [2.75, 3.05) is 12.0 Å². The van der Waals surface area contributed by atoms with Crippen LogP contribution in [-0.4, -0.2) is 35.0 Å². The van der Waals surface area contributed by atoms with E-state index < -0.39 is 24.0 Å². The predicted molar refractivity (Wildman–Crippen MR) is 136 cm³/mol. The van der Waals surface area contributed by atoms with Crippen LogP contribution in [0.3, 0.4) is 0 Å². The van der Waals surface area contributed by atoms with Gasteiger partial charge in [-0.15, -0.1) is 0 Å². The van der Waals surface area contributed by atoms with Crippen LogP contribution in [-0.2, 0) is 9.59 Å². The van der Waals surface area contributed by atoms with Crippen LogP contribution in [0.25, 0.3) is 0 Å². The third-order valence-electron chi connectivity index (χ3n) is 6.01. The second-order valence-electron chi connectivity index (χ2n) is 8.47. The van der Waals surface area contributed by atoms with E-state index in [9.17, 15) is 14.8 Å². The molecule has 1 heterocycles. The van der Waals surface area contributed by atoms with E-state index >= 15 is 0 Å². The van der Waals surface area contributed by atoms with Gasteiger partial charge in [0.1, 0.15) is 17.6 Å². The zero-order valence-electron chi connectivity index (χ0n) is 19.6. The second kappa shape index (κ2) is 10.8. The van der Waals surface area contributed by atoms with Gasteiger partial charge in [-0.3, -0.25) is 25.7 Å². The summed E-state index contributed by atoms with van der Waals surface area (Å²) in [6.07, 6.45) is -0.522. The first-order chi connectivity index (χ1) is 17.4. The SMILES string of the molecule is CC(=O)NCC(Oc1ccc(C2NC(=O)C(=N)C2C(=N)c2ccccc2)cc1)c1cccc(NO)c1. The molecule has 0 bridgehead atoms. The zero-order chi connectivity index (χ0) is 25.7. The fourth-order valence-electron chi connectivity index (χ4n) is 4.18. The highest BCUT2D eigenvalue weighted by Gasteiger charge is 2.41. The fourth-order valence-corrected chi connectivity index (χ4v) is 4.18. The molecule has 1 aliphatic rings. The maximum Gasteiger partial charge on any atom is 0.266 e. The minimum absolute atomic E-state index is 0.137. The molecule has 9 heteroatoms. The molecule has 6 N–H and O–H groups in total. The minimum Gasteiger partial charge on any atom is -0.484 e. The standard InChI is InChI=1S/C27H27N5O4/c1-16(33)30-15-22(19-8-5-9-20(14-19)32-35)36-21-12-10-18(11-13-21)26-23(25(29)27(34)31-26)24(28)17-6-3-2-4-7-17/h2-14,22-23,26,28-29,32,35H,15H2,1H3,(H,30,33)(H,31,34). The largest absolute Gasteiger partial charge is 0.484 e. The van der Waals surface area contributed by atoms with Crippen molar-refractivity contribution in [3.8, 4) is 5.75 Å². The number of hydrogen-bond acceptors (Lipinski definition) is 7. The quantitative estimate of drug-likeness (QED) is 0.202. The average Bonchev–Trinajstić information content (AvgIpc) is 3.20. The highest BCUT2D eigenvalue weighted by molar-refractivity contribution is 6.45. The molecule has 36 heavy (non-hydrogen) atoms. The fraction of sp³-hybridized carbons (Fsp3) is 0.185. The second-order valence-corrected chi connectivity index (χ2v) is 8.47. The molecular weight excluding hydrogens is 458 g/mol. The summed E-state index contributed by atoms with van der Waals surface area (Å²) in [5, 5.41) is 31.8. The lowest BCUT2D eigenvalue weighted by atomic mass is 9.86. The predicted octanol–water partition coefficient (Wildman–Crippen LogP) is 3.62. The summed E-state index contributed by atoms with van der Waals surface area (Å²) < 4.78 is 6.16. The lowest BCUT2D eigenvalue weighted by Crippen LogP contribution is -2.28. The van der Waals surface area contributed by atoms with Crippen molar-refractivity contribution in [2.45, 2.75) is 19.1 Å². The molecule has 3 aromatic carbocycles. The van der Waals surface area contributed by atoms with Crippen molar-refractivity contribution in [3.63, 3.8) is 0 Å². The molecule has 4 rings (SSSR count). The van der Waals surface area contributed by atoms with E-state index in [0.29, 0.717) is 17.0 Å². The van der Waals surface area contributed by atoms with Crippen LogP contribution in [0, 0.1) is 16.7 Å². The van der Waals surface area contributed by atoms with Crippen molar-refractivity contribution in [3.05, 3.63) is 95.6 Å². The molecule has 3 aromatic rings. The molecule has 0 aliphatic carbocycles. The van der Waals surface area contributed by atoms with Crippen molar-refractivity contribution in [1.82, 2.24) is 10.6 Å². The Morgan fingerprint density at radius 2 is 1.81 bits per heavy atom. The number of hydrogen-bond donors (Lipinski definition) is 6. The van der Waals surface area contributed by atoms with E-state index in [1.807, 2.05) is 24.3 Å². The molecule has 2 amide bonds. The van der Waals surface area contributed by atoms with Gasteiger partial charge in [-0.1, -0.05) is 54.6 Å². The van der Waals surface area contributed by atoms with Gasteiger partial charge in [0.25, 0.3) is 5.91 Å². The third kappa shape index (κ3) is 5.42. The van der Waals surface area contributed by atoms with E-state index in [4.69, 9.17) is 15.6 Å². The lowest BCUT2D eigenvalue weighted by Gasteiger charge is -2.22. The smallest absolute Gasteiger partial charge is 0.266 e. The van der Waals surface area contributed by atoms with E-state index in [1.165, 1.54) is 6.92 Å². The van der Waals surface area contributed by atoms with Crippen LogP contribution in [0.1, 0.15) is 35.8 Å². The van der Waals surface area contributed by atoms with Gasteiger partial charge in [-0.05, 0) is 41.0 Å². The molecule has 9 nitrogen and oxygen atoms in total. The van der Waals surface area contributed by atoms with Crippen LogP contribution >= 0.6 is 0 Å². The summed E-state index contributed by atoms with van der Waals surface area (Å²) >= 11 is 0. The molecule has 0 aromatic heterocycles. The van der Waals surface area contributed by atoms with Crippen molar-refractivity contribution >= 4 is 28.9 Å². The number of carbonyl (C=O) groups excluding carboxylic acids is 2. The van der Waals surface area contributed by atoms with Crippen LogP contribution in [0.5, 0.6) is 5.75 Å². The number of anilines is 1. The Labute approximate surface area is 208 Å². The summed E-state index contributed by atoms with van der Waals surface area (Å²) in [6.45, 7) is 1.65. The first-order valence-corrected chi connectivity index (χ1v) is 11.4. The van der Waals surface area contributed by atoms with Crippen molar-refractivity contribution in [2.24, 2.45) is 5.92 Å². The Kier molecular flexibility index (Phi) is 7.41. The van der Waals surface area contributed by atoms with Gasteiger partial charge in [0, 0.05) is 6.92 Å². The molecule has 0 spiro atoms. The summed E-state index contributed by atoms with van der Waals surface area (Å²) in [6, 6.07) is 22.7. The van der Waals surface area contributed by atoms with E-state index in [2.05, 4.69) is 16.1 Å². The Morgan fingerprint density at radius 3 is 2.47 bits per heavy atom. The minimum atomic E-state index is -0.715. The normalized spacial score (nSPS) is 17.7. The summed E-state index contributed by atoms with van der Waals surface area (Å²) in [4.78, 5) is 23.8. The van der Waals surface area contributed by atoms with E-state index in [0.717, 1.165) is 11.1 Å². The maximum atomic E-state index is 12.3. The summed E-state index contributed by atoms with van der Waals surface area (Å²) in [7, 11) is 0. The highest BCUT2D eigenvalue weighted by atomic mass is 16.5. The lowest BCUT2D eigenvalue weighted by molar-refractivity contribution is -0.119. The number of amides is 2. The van der Waals surface area contributed by atoms with Gasteiger partial charge in [0.05, 0.1) is 29.9 Å². The van der Waals surface area contributed by atoms with E-state index in [1.54, 1.807) is 54.6 Å². The number of nitrogens with one attached hydrogen (secondary N) is 5. The van der Waals surface area contributed by atoms with Crippen molar-refractivity contribution in [1.29, 1.82) is 10.8 Å². The average molecular weight is 486 g/mol. The third-order valence-corrected chi connectivity index (χ3v) is 6.01. The number of ether oxygens (including phenoxy) is 1. The number of carbonyl (C=O) groups is 2. The topological polar surface area (TPSA) is 147 Å². The summed E-state index contributed by atoms with van der Waals surface area (Å²) in [5.74, 6) is -0.862. The zero-order valence-corrected chi connectivity index (χ0v) is 19.6. The Morgan fingerprint density at radius 1 is 1.08 bits per heavy atom. The first-order valence-electron chi connectivity index (χ1n) is 11.4. The van der Waals surface area contributed by atoms with Gasteiger partial charge >= 0.3 is 0 Å². The summed E-state index contributed by atoms with van der Waals surface area (Å²) in [5.41, 5.74) is 4.82. The molecule has 0 saturated carbocycles. The molecule has 3 unspecified atom stereocenters. The van der Waals surface area contributed by atoms with Crippen LogP contribution < -0.4 is 20.9 Å². The van der Waals surface area contributed by atoms with Gasteiger partial charge in [0.15, 0.2) is 0 Å². The van der Waals surface area contributed by atoms with Crippen LogP contribution in [0.4, 0.5) is 5.69 Å². The Bertz CT molecular complexity index is 1280. The first kappa shape index (κ1) is 24.6. The van der Waals surface area contributed by atoms with Gasteiger partial charge in [-0.25, -0.2) is 0 Å². The molecule has 0 radical (unpaired) electrons. The Hall–Kier alpha value is -4.50. The monoisotopic (exact) mass is 485 g/mol. The van der Waals surface area contributed by atoms with E-state index in [-0.39, 0.29) is 23.9 Å². The Balaban J connectivity index is 1.56. The van der Waals surface area contributed by atoms with Gasteiger partial charge < -0.3 is 20.8 Å². The number of rotatable bonds is 9. The number of benzene rings is 3. The maximum absolute atomic E-state index is 12.3. The van der Waals surface area contributed by atoms with Crippen LogP contribution in [0.2, 0.25) is 0 Å². The molecule has 1 saturated heterocycles. The highest BCUT2D eigenvalue weighted by Crippen LogP contribution is 2.33. The van der Waals surface area contributed by atoms with Gasteiger partial charge in [-0.2, -0.15) is 0 Å². The molecule has 1 fully saturated rings. The molecule has 1 aliphatic heterocycles. The molecular formula is C27H27N5O4. The van der Waals surface area contributed by atoms with Crippen LogP contribution in [0.15, 0.2) is 78.9 Å². The molecule has 184 valence electrons. The van der Waals surface area contributed by atoms with Gasteiger partial charge in [0.2, 0.25) is 5.91 Å².